The number of hydrogen-bond acceptors (Lipinski definition) is 7. The Hall–Kier alpha value is -3.14. The molecule has 3 amide bonds. The van der Waals surface area contributed by atoms with Gasteiger partial charge in [0.1, 0.15) is 18.2 Å². The molecule has 1 saturated carbocycles. The standard InChI is InChI=1S/C31H46N4O6/c1-21(32-19-26(36)41-31(2,3)4)28(37)33-27(23-13-9-6-10-14-23)29(38)34-17-15-25-24(34)16-18-35(25)30(39)40-20-22-11-7-5-8-12-22/h5,7-8,11-12,21,23-25,27,32H,6,9-10,13-20H2,1-4H3,(H,33,37). The number of ether oxygens (including phenoxy) is 2. The zero-order valence-corrected chi connectivity index (χ0v) is 24.9. The Bertz CT molecular complexity index is 1070. The predicted octanol–water partition coefficient (Wildman–Crippen LogP) is 3.38. The van der Waals surface area contributed by atoms with Crippen LogP contribution in [-0.4, -0.2) is 83.1 Å². The Balaban J connectivity index is 1.36. The number of amides is 3. The molecular formula is C31H46N4O6. The summed E-state index contributed by atoms with van der Waals surface area (Å²) < 4.78 is 10.9. The van der Waals surface area contributed by atoms with E-state index in [2.05, 4.69) is 10.6 Å². The van der Waals surface area contributed by atoms with E-state index in [4.69, 9.17) is 9.47 Å². The number of nitrogens with zero attached hydrogens (tertiary/aromatic N) is 2. The molecular weight excluding hydrogens is 524 g/mol. The largest absolute Gasteiger partial charge is 0.459 e. The van der Waals surface area contributed by atoms with Crippen molar-refractivity contribution in [3.8, 4) is 0 Å². The molecule has 0 radical (unpaired) electrons. The highest BCUT2D eigenvalue weighted by Crippen LogP contribution is 2.35. The van der Waals surface area contributed by atoms with Crippen molar-refractivity contribution in [2.24, 2.45) is 5.92 Å². The first-order valence-corrected chi connectivity index (χ1v) is 15.1. The predicted molar refractivity (Wildman–Crippen MR) is 154 cm³/mol. The molecule has 1 aliphatic carbocycles. The Morgan fingerprint density at radius 3 is 2.22 bits per heavy atom. The summed E-state index contributed by atoms with van der Waals surface area (Å²) in [5.74, 6) is -0.763. The van der Waals surface area contributed by atoms with Crippen LogP contribution in [-0.2, 0) is 30.5 Å². The van der Waals surface area contributed by atoms with E-state index in [0.717, 1.165) is 37.7 Å². The van der Waals surface area contributed by atoms with E-state index < -0.39 is 23.7 Å². The lowest BCUT2D eigenvalue weighted by molar-refractivity contribution is -0.153. The lowest BCUT2D eigenvalue weighted by atomic mass is 9.83. The molecule has 1 aromatic rings. The van der Waals surface area contributed by atoms with Crippen molar-refractivity contribution in [1.29, 1.82) is 0 Å². The molecule has 4 rings (SSSR count). The molecule has 2 N–H and O–H groups in total. The quantitative estimate of drug-likeness (QED) is 0.437. The fourth-order valence-electron chi connectivity index (χ4n) is 6.30. The normalized spacial score (nSPS) is 22.5. The number of fused-ring (bicyclic) bond motifs is 1. The van der Waals surface area contributed by atoms with Gasteiger partial charge in [0, 0.05) is 13.1 Å². The summed E-state index contributed by atoms with van der Waals surface area (Å²) in [4.78, 5) is 55.9. The van der Waals surface area contributed by atoms with Gasteiger partial charge in [-0.2, -0.15) is 0 Å². The van der Waals surface area contributed by atoms with Crippen molar-refractivity contribution in [2.75, 3.05) is 19.6 Å². The molecule has 3 fully saturated rings. The maximum absolute atomic E-state index is 14.0. The van der Waals surface area contributed by atoms with Crippen LogP contribution < -0.4 is 10.6 Å². The number of likely N-dealkylation sites (tertiary alicyclic amines) is 2. The second kappa shape index (κ2) is 13.7. The number of nitrogens with one attached hydrogen (secondary N) is 2. The highest BCUT2D eigenvalue weighted by atomic mass is 16.6. The minimum atomic E-state index is -0.672. The molecule has 10 heteroatoms. The number of hydrogen-bond donors (Lipinski definition) is 2. The Kier molecular flexibility index (Phi) is 10.3. The van der Waals surface area contributed by atoms with Crippen molar-refractivity contribution < 1.29 is 28.7 Å². The number of carbonyl (C=O) groups is 4. The van der Waals surface area contributed by atoms with E-state index in [0.29, 0.717) is 25.9 Å². The molecule has 4 unspecified atom stereocenters. The van der Waals surface area contributed by atoms with Crippen LogP contribution in [0.4, 0.5) is 4.79 Å². The minimum Gasteiger partial charge on any atom is -0.459 e. The third kappa shape index (κ3) is 8.21. The zero-order valence-electron chi connectivity index (χ0n) is 24.9. The average molecular weight is 571 g/mol. The maximum Gasteiger partial charge on any atom is 0.410 e. The molecule has 3 aliphatic rings. The van der Waals surface area contributed by atoms with Gasteiger partial charge in [0.05, 0.1) is 24.7 Å². The number of benzene rings is 1. The molecule has 226 valence electrons. The van der Waals surface area contributed by atoms with E-state index in [1.54, 1.807) is 32.6 Å². The summed E-state index contributed by atoms with van der Waals surface area (Å²) in [6.45, 7) is 8.27. The van der Waals surface area contributed by atoms with Crippen molar-refractivity contribution in [1.82, 2.24) is 20.4 Å². The first-order chi connectivity index (χ1) is 19.5. The van der Waals surface area contributed by atoms with E-state index >= 15 is 0 Å². The van der Waals surface area contributed by atoms with Gasteiger partial charge in [-0.1, -0.05) is 49.6 Å². The summed E-state index contributed by atoms with van der Waals surface area (Å²) in [6.07, 6.45) is 6.00. The molecule has 2 heterocycles. The fraction of sp³-hybridized carbons (Fsp3) is 0.677. The topological polar surface area (TPSA) is 117 Å². The van der Waals surface area contributed by atoms with Crippen molar-refractivity contribution in [3.63, 3.8) is 0 Å². The van der Waals surface area contributed by atoms with Crippen LogP contribution in [0, 0.1) is 5.92 Å². The van der Waals surface area contributed by atoms with Gasteiger partial charge in [-0.3, -0.25) is 19.7 Å². The molecule has 41 heavy (non-hydrogen) atoms. The van der Waals surface area contributed by atoms with Crippen LogP contribution >= 0.6 is 0 Å². The summed E-state index contributed by atoms with van der Waals surface area (Å²) in [7, 11) is 0. The monoisotopic (exact) mass is 570 g/mol. The van der Waals surface area contributed by atoms with E-state index in [1.165, 1.54) is 0 Å². The molecule has 0 aromatic heterocycles. The molecule has 0 spiro atoms. The summed E-state index contributed by atoms with van der Waals surface area (Å²) >= 11 is 0. The van der Waals surface area contributed by atoms with Gasteiger partial charge >= 0.3 is 12.1 Å². The summed E-state index contributed by atoms with van der Waals surface area (Å²) in [6, 6.07) is 8.11. The van der Waals surface area contributed by atoms with Crippen LogP contribution in [0.1, 0.15) is 78.2 Å². The van der Waals surface area contributed by atoms with Crippen LogP contribution in [0.2, 0.25) is 0 Å². The van der Waals surface area contributed by atoms with Gasteiger partial charge in [-0.15, -0.1) is 0 Å². The van der Waals surface area contributed by atoms with Gasteiger partial charge in [0.25, 0.3) is 0 Å². The number of esters is 1. The van der Waals surface area contributed by atoms with Crippen molar-refractivity contribution in [3.05, 3.63) is 35.9 Å². The van der Waals surface area contributed by atoms with Gasteiger partial charge in [-0.05, 0) is 64.9 Å². The molecule has 10 nitrogen and oxygen atoms in total. The molecule has 2 saturated heterocycles. The Labute approximate surface area is 243 Å². The Morgan fingerprint density at radius 2 is 1.56 bits per heavy atom. The number of carbonyl (C=O) groups excluding carboxylic acids is 4. The average Bonchev–Trinajstić information content (AvgIpc) is 3.55. The van der Waals surface area contributed by atoms with Crippen LogP contribution in [0.15, 0.2) is 30.3 Å². The first-order valence-electron chi connectivity index (χ1n) is 15.1. The first kappa shape index (κ1) is 30.8. The molecule has 0 bridgehead atoms. The molecule has 4 atom stereocenters. The summed E-state index contributed by atoms with van der Waals surface area (Å²) in [5, 5.41) is 5.97. The smallest absolute Gasteiger partial charge is 0.410 e. The zero-order chi connectivity index (χ0) is 29.6. The second-order valence-electron chi connectivity index (χ2n) is 12.6. The number of rotatable bonds is 9. The fourth-order valence-corrected chi connectivity index (χ4v) is 6.30. The lowest BCUT2D eigenvalue weighted by Gasteiger charge is -2.35. The van der Waals surface area contributed by atoms with Gasteiger partial charge in [-0.25, -0.2) is 4.79 Å². The molecule has 1 aromatic carbocycles. The van der Waals surface area contributed by atoms with E-state index in [1.807, 2.05) is 35.2 Å². The highest BCUT2D eigenvalue weighted by molar-refractivity contribution is 5.90. The van der Waals surface area contributed by atoms with Crippen LogP contribution in [0.5, 0.6) is 0 Å². The highest BCUT2D eigenvalue weighted by Gasteiger charge is 2.49. The third-order valence-corrected chi connectivity index (χ3v) is 8.35. The third-order valence-electron chi connectivity index (χ3n) is 8.35. The van der Waals surface area contributed by atoms with E-state index in [9.17, 15) is 19.2 Å². The van der Waals surface area contributed by atoms with Gasteiger partial charge in [0.2, 0.25) is 11.8 Å². The SMILES string of the molecule is CC(NCC(=O)OC(C)(C)C)C(=O)NC(C(=O)N1CCC2C1CCN2C(=O)OCc1ccccc1)C1CCCCC1. The minimum absolute atomic E-state index is 0.0608. The maximum atomic E-state index is 14.0. The summed E-state index contributed by atoms with van der Waals surface area (Å²) in [5.41, 5.74) is 0.325. The van der Waals surface area contributed by atoms with E-state index in [-0.39, 0.29) is 49.1 Å². The van der Waals surface area contributed by atoms with Crippen molar-refractivity contribution in [2.45, 2.75) is 109 Å². The van der Waals surface area contributed by atoms with Crippen molar-refractivity contribution >= 4 is 23.9 Å². The molecule has 2 aliphatic heterocycles. The van der Waals surface area contributed by atoms with Gasteiger partial charge < -0.3 is 24.6 Å². The Morgan fingerprint density at radius 1 is 0.927 bits per heavy atom. The van der Waals surface area contributed by atoms with Crippen LogP contribution in [0.25, 0.3) is 0 Å². The lowest BCUT2D eigenvalue weighted by Crippen LogP contribution is -2.57. The van der Waals surface area contributed by atoms with Gasteiger partial charge in [0.15, 0.2) is 0 Å². The second-order valence-corrected chi connectivity index (χ2v) is 12.6. The van der Waals surface area contributed by atoms with Crippen LogP contribution in [0.3, 0.4) is 0 Å².